The van der Waals surface area contributed by atoms with Gasteiger partial charge >= 0.3 is 18.0 Å². The number of fused-ring (bicyclic) bond motifs is 3. The lowest BCUT2D eigenvalue weighted by Gasteiger charge is -2.62. The zero-order valence-electron chi connectivity index (χ0n) is 16.5. The summed E-state index contributed by atoms with van der Waals surface area (Å²) in [6, 6.07) is 2.54. The Bertz CT molecular complexity index is 890. The van der Waals surface area contributed by atoms with Gasteiger partial charge in [0.15, 0.2) is 0 Å². The third-order valence-corrected chi connectivity index (χ3v) is 8.05. The first-order valence-corrected chi connectivity index (χ1v) is 10.6. The minimum Gasteiger partial charge on any atom is -0.350 e. The molecule has 0 saturated heterocycles. The Labute approximate surface area is 174 Å². The molecule has 4 saturated carbocycles. The Balaban J connectivity index is 1.39. The van der Waals surface area contributed by atoms with Crippen molar-refractivity contribution in [3.8, 4) is 0 Å². The van der Waals surface area contributed by atoms with Crippen LogP contribution in [0.2, 0.25) is 0 Å². The minimum atomic E-state index is -6.12. The lowest BCUT2D eigenvalue weighted by Crippen LogP contribution is -2.68. The predicted octanol–water partition coefficient (Wildman–Crippen LogP) is 5.70. The van der Waals surface area contributed by atoms with Crippen molar-refractivity contribution < 1.29 is 35.5 Å². The third kappa shape index (κ3) is 2.94. The first kappa shape index (κ1) is 21.1. The van der Waals surface area contributed by atoms with E-state index in [1.165, 1.54) is 6.07 Å². The zero-order valence-corrected chi connectivity index (χ0v) is 16.5. The maximum absolute atomic E-state index is 14.4. The Morgan fingerprint density at radius 1 is 0.935 bits per heavy atom. The van der Waals surface area contributed by atoms with Crippen molar-refractivity contribution in [1.29, 1.82) is 0 Å². The van der Waals surface area contributed by atoms with Gasteiger partial charge in [-0.15, -0.1) is 0 Å². The molecular weight excluding hydrogens is 427 g/mol. The van der Waals surface area contributed by atoms with Crippen molar-refractivity contribution in [2.45, 2.75) is 74.4 Å². The SMILES string of the molecule is O=C(NC12CC(C1)C2)[C@@H]1CCC2c3ccc(C(F)(C(F)(F)F)C(F)(F)F)cc3CCC21. The number of hydrogen-bond acceptors (Lipinski definition) is 1. The number of hydrogen-bond donors (Lipinski definition) is 1. The second kappa shape index (κ2) is 6.38. The molecule has 0 heterocycles. The van der Waals surface area contributed by atoms with Crippen molar-refractivity contribution in [3.05, 3.63) is 34.9 Å². The second-order valence-corrected chi connectivity index (χ2v) is 9.81. The van der Waals surface area contributed by atoms with Gasteiger partial charge in [-0.25, -0.2) is 4.39 Å². The second-order valence-electron chi connectivity index (χ2n) is 9.81. The fraction of sp³-hybridized carbons (Fsp3) is 0.682. The molecule has 9 heteroatoms. The first-order chi connectivity index (χ1) is 14.3. The topological polar surface area (TPSA) is 29.1 Å². The average molecular weight is 449 g/mol. The van der Waals surface area contributed by atoms with Gasteiger partial charge in [-0.3, -0.25) is 4.79 Å². The maximum atomic E-state index is 14.4. The summed E-state index contributed by atoms with van der Waals surface area (Å²) >= 11 is 0. The van der Waals surface area contributed by atoms with Crippen LogP contribution in [0.3, 0.4) is 0 Å². The summed E-state index contributed by atoms with van der Waals surface area (Å²) < 4.78 is 93.1. The molecule has 3 atom stereocenters. The van der Waals surface area contributed by atoms with Crippen LogP contribution in [0.15, 0.2) is 18.2 Å². The van der Waals surface area contributed by atoms with E-state index < -0.39 is 23.6 Å². The van der Waals surface area contributed by atoms with E-state index in [0.717, 1.165) is 31.2 Å². The highest BCUT2D eigenvalue weighted by Gasteiger charge is 2.73. The summed E-state index contributed by atoms with van der Waals surface area (Å²) in [6.07, 6.45) is -7.16. The van der Waals surface area contributed by atoms with Crippen LogP contribution >= 0.6 is 0 Å². The molecule has 0 aromatic heterocycles. The van der Waals surface area contributed by atoms with E-state index in [1.54, 1.807) is 0 Å². The summed E-state index contributed by atoms with van der Waals surface area (Å²) in [4.78, 5) is 12.8. The number of aryl methyl sites for hydroxylation is 1. The predicted molar refractivity (Wildman–Crippen MR) is 96.8 cm³/mol. The van der Waals surface area contributed by atoms with Crippen molar-refractivity contribution >= 4 is 5.91 Å². The number of nitrogens with one attached hydrogen (secondary N) is 1. The van der Waals surface area contributed by atoms with Crippen LogP contribution in [-0.2, 0) is 16.9 Å². The maximum Gasteiger partial charge on any atom is 0.435 e. The van der Waals surface area contributed by atoms with E-state index in [9.17, 15) is 35.5 Å². The molecule has 1 aromatic rings. The van der Waals surface area contributed by atoms with Gasteiger partial charge in [-0.1, -0.05) is 18.2 Å². The van der Waals surface area contributed by atoms with Crippen molar-refractivity contribution in [2.75, 3.05) is 0 Å². The highest BCUT2D eigenvalue weighted by atomic mass is 19.4. The molecule has 6 rings (SSSR count). The molecule has 31 heavy (non-hydrogen) atoms. The molecule has 1 N–H and O–H groups in total. The largest absolute Gasteiger partial charge is 0.435 e. The smallest absolute Gasteiger partial charge is 0.350 e. The van der Waals surface area contributed by atoms with Gasteiger partial charge in [-0.05, 0) is 73.8 Å². The van der Waals surface area contributed by atoms with E-state index in [2.05, 4.69) is 5.32 Å². The quantitative estimate of drug-likeness (QED) is 0.590. The lowest BCUT2D eigenvalue weighted by molar-refractivity contribution is -0.348. The van der Waals surface area contributed by atoms with Gasteiger partial charge in [0.1, 0.15) is 0 Å². The molecule has 0 aliphatic heterocycles. The summed E-state index contributed by atoms with van der Waals surface area (Å²) in [7, 11) is 0. The van der Waals surface area contributed by atoms with Crippen LogP contribution in [0.1, 0.15) is 61.1 Å². The molecule has 4 fully saturated rings. The summed E-state index contributed by atoms with van der Waals surface area (Å²) in [5, 5.41) is 3.18. The van der Waals surface area contributed by atoms with E-state index in [0.29, 0.717) is 36.5 Å². The van der Waals surface area contributed by atoms with E-state index in [-0.39, 0.29) is 35.6 Å². The molecule has 0 spiro atoms. The molecular formula is C22H22F7NO. The van der Waals surface area contributed by atoms with Crippen molar-refractivity contribution in [2.24, 2.45) is 17.8 Å². The Kier molecular flexibility index (Phi) is 4.33. The Morgan fingerprint density at radius 3 is 2.13 bits per heavy atom. The number of benzene rings is 1. The number of amides is 1. The van der Waals surface area contributed by atoms with Crippen molar-refractivity contribution in [1.82, 2.24) is 5.32 Å². The highest BCUT2D eigenvalue weighted by Crippen LogP contribution is 2.58. The molecule has 2 bridgehead atoms. The van der Waals surface area contributed by atoms with Crippen LogP contribution in [0, 0.1) is 17.8 Å². The molecule has 5 aliphatic rings. The van der Waals surface area contributed by atoms with Gasteiger partial charge < -0.3 is 5.32 Å². The summed E-state index contributed by atoms with van der Waals surface area (Å²) in [6.45, 7) is 0. The summed E-state index contributed by atoms with van der Waals surface area (Å²) in [5.41, 5.74) is -5.92. The van der Waals surface area contributed by atoms with Gasteiger partial charge in [0.05, 0.1) is 0 Å². The van der Waals surface area contributed by atoms with Gasteiger partial charge in [-0.2, -0.15) is 26.3 Å². The molecule has 1 amide bonds. The van der Waals surface area contributed by atoms with Crippen molar-refractivity contribution in [3.63, 3.8) is 0 Å². The minimum absolute atomic E-state index is 0.00562. The van der Waals surface area contributed by atoms with E-state index in [1.807, 2.05) is 0 Å². The normalized spacial score (nSPS) is 34.3. The first-order valence-electron chi connectivity index (χ1n) is 10.6. The lowest BCUT2D eigenvalue weighted by atomic mass is 9.50. The van der Waals surface area contributed by atoms with Crippen LogP contribution in [-0.4, -0.2) is 23.8 Å². The standard InChI is InChI=1S/C22H22F7NO/c23-20(21(24,25)26,22(27,28)29)13-2-4-14-12(7-13)1-3-16-15(14)5-6-17(16)18(31)30-19-8-11(9-19)10-19/h2,4,7,11,15-17H,1,3,5-6,8-10H2,(H,30,31)/t11?,15?,16?,17-,19?/m1/s1. The van der Waals surface area contributed by atoms with Gasteiger partial charge in [0.2, 0.25) is 5.91 Å². The van der Waals surface area contributed by atoms with Crippen LogP contribution in [0.25, 0.3) is 0 Å². The molecule has 2 unspecified atom stereocenters. The Morgan fingerprint density at radius 2 is 1.58 bits per heavy atom. The number of alkyl halides is 7. The number of rotatable bonds is 3. The zero-order chi connectivity index (χ0) is 22.4. The van der Waals surface area contributed by atoms with Crippen LogP contribution < -0.4 is 5.32 Å². The molecule has 1 aromatic carbocycles. The summed E-state index contributed by atoms with van der Waals surface area (Å²) in [5.74, 6) is 0.446. The average Bonchev–Trinajstić information content (AvgIpc) is 3.05. The fourth-order valence-corrected chi connectivity index (χ4v) is 6.38. The Hall–Kier alpha value is -1.80. The molecule has 170 valence electrons. The van der Waals surface area contributed by atoms with E-state index >= 15 is 0 Å². The molecule has 5 aliphatic carbocycles. The third-order valence-electron chi connectivity index (χ3n) is 8.05. The monoisotopic (exact) mass is 449 g/mol. The van der Waals surface area contributed by atoms with E-state index in [4.69, 9.17) is 0 Å². The molecule has 0 radical (unpaired) electrons. The molecule has 2 nitrogen and oxygen atoms in total. The van der Waals surface area contributed by atoms with Crippen LogP contribution in [0.5, 0.6) is 0 Å². The number of carbonyl (C=O) groups excluding carboxylic acids is 1. The van der Waals surface area contributed by atoms with Crippen LogP contribution in [0.4, 0.5) is 30.7 Å². The number of carbonyl (C=O) groups is 1. The van der Waals surface area contributed by atoms with Gasteiger partial charge in [0.25, 0.3) is 0 Å². The fourth-order valence-electron chi connectivity index (χ4n) is 6.38. The van der Waals surface area contributed by atoms with Gasteiger partial charge in [0, 0.05) is 17.0 Å². The number of halogens is 7. The highest BCUT2D eigenvalue weighted by molar-refractivity contribution is 5.81.